The van der Waals surface area contributed by atoms with Crippen molar-refractivity contribution < 1.29 is 14.2 Å². The molecule has 0 aromatic heterocycles. The second-order valence-electron chi connectivity index (χ2n) is 5.46. The van der Waals surface area contributed by atoms with Crippen molar-refractivity contribution in [3.8, 4) is 0 Å². The van der Waals surface area contributed by atoms with E-state index in [1.165, 1.54) is 44.9 Å². The molecule has 0 aromatic rings. The highest BCUT2D eigenvalue weighted by Crippen LogP contribution is 2.33. The molecule has 0 aromatic carbocycles. The molecule has 0 spiro atoms. The number of rotatable bonds is 11. The topological polar surface area (TPSA) is 34.3 Å². The fourth-order valence-electron chi connectivity index (χ4n) is 2.17. The van der Waals surface area contributed by atoms with Gasteiger partial charge in [-0.15, -0.1) is 0 Å². The molecule has 0 bridgehead atoms. The first-order valence-electron chi connectivity index (χ1n) is 7.18. The maximum Gasteiger partial charge on any atom is 0.115 e. The maximum absolute atomic E-state index is 5.63. The number of epoxide rings is 2. The van der Waals surface area contributed by atoms with Crippen molar-refractivity contribution in [3.05, 3.63) is 0 Å². The Bertz CT molecular complexity index is 210. The Hall–Kier alpha value is -0.120. The Morgan fingerprint density at radius 3 is 2.53 bits per heavy atom. The van der Waals surface area contributed by atoms with E-state index in [1.54, 1.807) is 0 Å². The van der Waals surface area contributed by atoms with Gasteiger partial charge in [0.05, 0.1) is 26.4 Å². The zero-order valence-electron chi connectivity index (χ0n) is 11.1. The molecule has 0 aliphatic carbocycles. The van der Waals surface area contributed by atoms with Gasteiger partial charge in [0.15, 0.2) is 0 Å². The van der Waals surface area contributed by atoms with Crippen LogP contribution in [0.1, 0.15) is 51.9 Å². The summed E-state index contributed by atoms with van der Waals surface area (Å²) in [5.41, 5.74) is 0.0830. The van der Waals surface area contributed by atoms with Gasteiger partial charge in [-0.25, -0.2) is 0 Å². The molecule has 2 saturated heterocycles. The minimum atomic E-state index is 0.0830. The molecule has 2 fully saturated rings. The lowest BCUT2D eigenvalue weighted by molar-refractivity contribution is 0.0638. The third-order valence-electron chi connectivity index (χ3n) is 3.61. The highest BCUT2D eigenvalue weighted by Gasteiger charge is 2.44. The van der Waals surface area contributed by atoms with Crippen molar-refractivity contribution in [3.63, 3.8) is 0 Å². The van der Waals surface area contributed by atoms with Gasteiger partial charge in [0.1, 0.15) is 11.7 Å². The first kappa shape index (κ1) is 13.3. The van der Waals surface area contributed by atoms with Crippen LogP contribution in [0, 0.1) is 0 Å². The van der Waals surface area contributed by atoms with Crippen LogP contribution in [-0.4, -0.2) is 38.1 Å². The van der Waals surface area contributed by atoms with Crippen LogP contribution in [0.25, 0.3) is 0 Å². The quantitative estimate of drug-likeness (QED) is 0.413. The molecule has 0 amide bonds. The second-order valence-corrected chi connectivity index (χ2v) is 5.46. The lowest BCUT2D eigenvalue weighted by Crippen LogP contribution is -2.21. The average Bonchev–Trinajstić information content (AvgIpc) is 3.21. The fourth-order valence-corrected chi connectivity index (χ4v) is 2.17. The molecule has 100 valence electrons. The van der Waals surface area contributed by atoms with E-state index >= 15 is 0 Å². The molecule has 2 atom stereocenters. The molecule has 0 N–H and O–H groups in total. The lowest BCUT2D eigenvalue weighted by Gasteiger charge is -2.11. The van der Waals surface area contributed by atoms with Gasteiger partial charge in [0, 0.05) is 0 Å². The van der Waals surface area contributed by atoms with Gasteiger partial charge < -0.3 is 14.2 Å². The molecule has 2 heterocycles. The van der Waals surface area contributed by atoms with E-state index in [9.17, 15) is 0 Å². The zero-order chi connectivity index (χ0) is 12.0. The third kappa shape index (κ3) is 5.36. The summed E-state index contributed by atoms with van der Waals surface area (Å²) in [4.78, 5) is 0. The molecular formula is C14H26O3. The van der Waals surface area contributed by atoms with Gasteiger partial charge in [-0.3, -0.25) is 0 Å². The van der Waals surface area contributed by atoms with Crippen molar-refractivity contribution in [2.45, 2.75) is 63.6 Å². The molecule has 0 radical (unpaired) electrons. The summed E-state index contributed by atoms with van der Waals surface area (Å²) in [5, 5.41) is 0. The first-order valence-corrected chi connectivity index (χ1v) is 7.18. The predicted octanol–water partition coefficient (Wildman–Crippen LogP) is 2.92. The number of hydrogen-bond donors (Lipinski definition) is 0. The minimum Gasteiger partial charge on any atom is -0.376 e. The number of hydrogen-bond acceptors (Lipinski definition) is 3. The lowest BCUT2D eigenvalue weighted by atomic mass is 10.0. The van der Waals surface area contributed by atoms with Gasteiger partial charge in [-0.2, -0.15) is 0 Å². The van der Waals surface area contributed by atoms with Crippen molar-refractivity contribution in [1.82, 2.24) is 0 Å². The fraction of sp³-hybridized carbons (Fsp3) is 1.00. The van der Waals surface area contributed by atoms with Crippen LogP contribution in [0.3, 0.4) is 0 Å². The Morgan fingerprint density at radius 2 is 1.88 bits per heavy atom. The largest absolute Gasteiger partial charge is 0.376 e. The summed E-state index contributed by atoms with van der Waals surface area (Å²) in [6.45, 7) is 5.55. The van der Waals surface area contributed by atoms with E-state index in [1.807, 2.05) is 0 Å². The maximum atomic E-state index is 5.63. The van der Waals surface area contributed by atoms with Crippen LogP contribution < -0.4 is 0 Å². The normalized spacial score (nSPS) is 30.5. The number of ether oxygens (including phenoxy) is 3. The highest BCUT2D eigenvalue weighted by molar-refractivity contribution is 4.92. The van der Waals surface area contributed by atoms with Crippen LogP contribution in [0.15, 0.2) is 0 Å². The molecular weight excluding hydrogens is 216 g/mol. The van der Waals surface area contributed by atoms with Crippen LogP contribution in [0.2, 0.25) is 0 Å². The monoisotopic (exact) mass is 242 g/mol. The molecule has 2 rings (SSSR count). The number of unbranched alkanes of at least 4 members (excludes halogenated alkanes) is 5. The predicted molar refractivity (Wildman–Crippen MR) is 67.2 cm³/mol. The molecule has 3 heteroatoms. The van der Waals surface area contributed by atoms with E-state index in [0.717, 1.165) is 26.4 Å². The van der Waals surface area contributed by atoms with Gasteiger partial charge in [0.2, 0.25) is 0 Å². The van der Waals surface area contributed by atoms with E-state index in [2.05, 4.69) is 6.92 Å². The summed E-state index contributed by atoms with van der Waals surface area (Å²) in [5.74, 6) is 0. The van der Waals surface area contributed by atoms with E-state index in [-0.39, 0.29) is 5.60 Å². The van der Waals surface area contributed by atoms with Gasteiger partial charge in [-0.1, -0.05) is 45.4 Å². The van der Waals surface area contributed by atoms with Crippen molar-refractivity contribution in [2.75, 3.05) is 26.4 Å². The molecule has 2 aliphatic rings. The van der Waals surface area contributed by atoms with E-state index < -0.39 is 0 Å². The van der Waals surface area contributed by atoms with Crippen LogP contribution in [0.4, 0.5) is 0 Å². The zero-order valence-corrected chi connectivity index (χ0v) is 11.1. The summed E-state index contributed by atoms with van der Waals surface area (Å²) in [6.07, 6.45) is 9.64. The van der Waals surface area contributed by atoms with Crippen molar-refractivity contribution in [1.29, 1.82) is 0 Å². The minimum absolute atomic E-state index is 0.0830. The Kier molecular flexibility index (Phi) is 5.26. The average molecular weight is 242 g/mol. The first-order chi connectivity index (χ1) is 8.35. The highest BCUT2D eigenvalue weighted by atomic mass is 16.6. The third-order valence-corrected chi connectivity index (χ3v) is 3.61. The smallest absolute Gasteiger partial charge is 0.115 e. The summed E-state index contributed by atoms with van der Waals surface area (Å²) in [6, 6.07) is 0. The standard InChI is InChI=1S/C14H26O3/c1-2-3-4-5-6-7-8-14(12-17-14)11-15-9-13-10-16-13/h13H,2-12H2,1H3. The summed E-state index contributed by atoms with van der Waals surface area (Å²) in [7, 11) is 0. The van der Waals surface area contributed by atoms with Gasteiger partial charge in [0.25, 0.3) is 0 Å². The van der Waals surface area contributed by atoms with E-state index in [4.69, 9.17) is 14.2 Å². The van der Waals surface area contributed by atoms with Crippen LogP contribution >= 0.6 is 0 Å². The van der Waals surface area contributed by atoms with Gasteiger partial charge >= 0.3 is 0 Å². The molecule has 2 unspecified atom stereocenters. The second kappa shape index (κ2) is 6.72. The van der Waals surface area contributed by atoms with Crippen LogP contribution in [-0.2, 0) is 14.2 Å². The van der Waals surface area contributed by atoms with Crippen molar-refractivity contribution >= 4 is 0 Å². The Morgan fingerprint density at radius 1 is 1.18 bits per heavy atom. The molecule has 2 aliphatic heterocycles. The molecule has 0 saturated carbocycles. The van der Waals surface area contributed by atoms with E-state index in [0.29, 0.717) is 6.10 Å². The summed E-state index contributed by atoms with van der Waals surface area (Å²) >= 11 is 0. The van der Waals surface area contributed by atoms with Gasteiger partial charge in [-0.05, 0) is 6.42 Å². The van der Waals surface area contributed by atoms with Crippen LogP contribution in [0.5, 0.6) is 0 Å². The summed E-state index contributed by atoms with van der Waals surface area (Å²) < 4.78 is 16.3. The van der Waals surface area contributed by atoms with Crippen molar-refractivity contribution in [2.24, 2.45) is 0 Å². The Balaban J connectivity index is 1.43. The molecule has 3 nitrogen and oxygen atoms in total. The molecule has 17 heavy (non-hydrogen) atoms. The SMILES string of the molecule is CCCCCCCCC1(COCC2CO2)CO1. The Labute approximate surface area is 105 Å².